The van der Waals surface area contributed by atoms with Gasteiger partial charge in [0.25, 0.3) is 5.91 Å². The average molecular weight is 469 g/mol. The fourth-order valence-electron chi connectivity index (χ4n) is 3.25. The van der Waals surface area contributed by atoms with E-state index >= 15 is 0 Å². The molecule has 3 rings (SSSR count). The molecule has 2 amide bonds. The molecule has 2 aromatic rings. The molecule has 1 saturated heterocycles. The maximum Gasteiger partial charge on any atom is 0.406 e. The molecule has 2 aromatic heterocycles. The van der Waals surface area contributed by atoms with Gasteiger partial charge in [-0.3, -0.25) is 9.59 Å². The van der Waals surface area contributed by atoms with Crippen molar-refractivity contribution in [2.45, 2.75) is 6.18 Å². The highest BCUT2D eigenvalue weighted by Gasteiger charge is 2.34. The lowest BCUT2D eigenvalue weighted by Gasteiger charge is -2.25. The van der Waals surface area contributed by atoms with Crippen LogP contribution in [0.1, 0.15) is 0 Å². The lowest BCUT2D eigenvalue weighted by molar-refractivity contribution is -0.570. The fourth-order valence-corrected chi connectivity index (χ4v) is 3.25. The van der Waals surface area contributed by atoms with Crippen LogP contribution in [0.5, 0.6) is 0 Å². The Kier molecular flexibility index (Phi) is 7.28. The number of nitrogens with one attached hydrogen (secondary N) is 2. The summed E-state index contributed by atoms with van der Waals surface area (Å²) in [6.07, 6.45) is -2.44. The molecule has 178 valence electrons. The van der Waals surface area contributed by atoms with Gasteiger partial charge in [-0.1, -0.05) is 0 Å². The normalized spacial score (nSPS) is 15.2. The Labute approximate surface area is 186 Å². The smallest absolute Gasteiger partial charge is 0.378 e. The van der Waals surface area contributed by atoms with Crippen LogP contribution in [0.3, 0.4) is 0 Å². The second-order valence-electron chi connectivity index (χ2n) is 7.22. The molecule has 3 heterocycles. The highest BCUT2D eigenvalue weighted by Crippen LogP contribution is 2.18. The van der Waals surface area contributed by atoms with Crippen LogP contribution in [0.4, 0.5) is 24.8 Å². The number of rotatable bonds is 7. The summed E-state index contributed by atoms with van der Waals surface area (Å²) in [6, 6.07) is 3.14. The van der Waals surface area contributed by atoms with E-state index in [2.05, 4.69) is 15.4 Å². The molecule has 0 bridgehead atoms. The fraction of sp³-hybridized carbons (Fsp3) is 0.421. The van der Waals surface area contributed by atoms with Crippen molar-refractivity contribution in [3.8, 4) is 0 Å². The van der Waals surface area contributed by atoms with Crippen LogP contribution in [-0.2, 0) is 14.3 Å². The molecule has 0 aromatic carbocycles. The minimum Gasteiger partial charge on any atom is -0.378 e. The molecule has 1 aliphatic rings. The van der Waals surface area contributed by atoms with Gasteiger partial charge < -0.3 is 30.6 Å². The summed E-state index contributed by atoms with van der Waals surface area (Å²) in [4.78, 5) is 32.0. The van der Waals surface area contributed by atoms with Crippen molar-refractivity contribution in [1.29, 1.82) is 5.41 Å². The van der Waals surface area contributed by atoms with E-state index in [0.717, 1.165) is 7.05 Å². The van der Waals surface area contributed by atoms with E-state index in [1.807, 2.05) is 4.90 Å². The molecule has 1 aliphatic heterocycles. The number of hydrogen-bond acceptors (Lipinski definition) is 7. The zero-order valence-corrected chi connectivity index (χ0v) is 18.0. The Morgan fingerprint density at radius 2 is 2.06 bits per heavy atom. The highest BCUT2D eigenvalue weighted by atomic mass is 19.4. The van der Waals surface area contributed by atoms with Crippen LogP contribution in [0, 0.1) is 5.41 Å². The topological polar surface area (TPSA) is 133 Å². The molecule has 11 nitrogen and oxygen atoms in total. The van der Waals surface area contributed by atoms with Gasteiger partial charge in [-0.25, -0.2) is 4.52 Å². The number of carbonyl (C=O) groups excluding carboxylic acids is 2. The number of nitrogens with zero attached hydrogens (tertiary/aromatic N) is 5. The third kappa shape index (κ3) is 5.84. The Morgan fingerprint density at radius 3 is 2.67 bits per heavy atom. The third-order valence-electron chi connectivity index (χ3n) is 4.84. The number of likely N-dealkylation sites (N-methyl/N-ethyl adjacent to an activating group) is 2. The number of pyridine rings is 1. The van der Waals surface area contributed by atoms with E-state index < -0.39 is 30.1 Å². The average Bonchev–Trinajstić information content (AvgIpc) is 3.19. The van der Waals surface area contributed by atoms with Crippen LogP contribution in [0.25, 0.3) is 5.65 Å². The van der Waals surface area contributed by atoms with E-state index in [1.165, 1.54) is 12.4 Å². The van der Waals surface area contributed by atoms with E-state index in [1.54, 1.807) is 22.8 Å². The van der Waals surface area contributed by atoms with Crippen LogP contribution in [-0.4, -0.2) is 90.6 Å². The molecule has 0 unspecified atom stereocenters. The number of morpholine rings is 1. The molecular formula is C19H24F3N8O3+. The molecule has 0 atom stereocenters. The van der Waals surface area contributed by atoms with Gasteiger partial charge in [0.1, 0.15) is 12.1 Å². The second kappa shape index (κ2) is 9.95. The molecule has 0 saturated carbocycles. The minimum atomic E-state index is -4.61. The first-order valence-corrected chi connectivity index (χ1v) is 9.99. The summed E-state index contributed by atoms with van der Waals surface area (Å²) < 4.78 is 44.8. The van der Waals surface area contributed by atoms with E-state index in [9.17, 15) is 22.8 Å². The summed E-state index contributed by atoms with van der Waals surface area (Å²) in [6.45, 7) is 0.961. The molecular weight excluding hydrogens is 445 g/mol. The number of fused-ring (bicyclic) bond motifs is 1. The number of nitrogens with two attached hydrogens (primary N) is 1. The van der Waals surface area contributed by atoms with E-state index in [4.69, 9.17) is 10.1 Å². The molecule has 0 aliphatic carbocycles. The highest BCUT2D eigenvalue weighted by molar-refractivity contribution is 6.18. The minimum absolute atomic E-state index is 0.223. The standard InChI is InChI=1S/C19H23F3N8O3/c1-24-15(13(10-23)17(32)28(2)11-19(20,21)22)16(31)25-12-3-4-30-14(9-12)26-18(27-30)29-5-7-33-8-6-29/h3-4,9-10,23-24H,5-8,11H2,1-2H3,(H,25,31)/p+1/b15-13+,23-10?. The number of amides is 2. The van der Waals surface area contributed by atoms with Gasteiger partial charge in [-0.2, -0.15) is 18.2 Å². The van der Waals surface area contributed by atoms with Crippen LogP contribution in [0.15, 0.2) is 29.6 Å². The van der Waals surface area contributed by atoms with Crippen molar-refractivity contribution in [3.05, 3.63) is 29.6 Å². The van der Waals surface area contributed by atoms with Gasteiger partial charge in [-0.15, -0.1) is 5.10 Å². The van der Waals surface area contributed by atoms with Gasteiger partial charge in [0.05, 0.1) is 20.3 Å². The largest absolute Gasteiger partial charge is 0.406 e. The lowest BCUT2D eigenvalue weighted by atomic mass is 10.1. The van der Waals surface area contributed by atoms with E-state index in [0.29, 0.717) is 54.7 Å². The maximum atomic E-state index is 12.8. The molecule has 0 spiro atoms. The number of alkyl halides is 3. The van der Waals surface area contributed by atoms with Crippen molar-refractivity contribution in [1.82, 2.24) is 19.5 Å². The van der Waals surface area contributed by atoms with Crippen LogP contribution < -0.4 is 15.5 Å². The molecule has 33 heavy (non-hydrogen) atoms. The van der Waals surface area contributed by atoms with Crippen molar-refractivity contribution in [3.63, 3.8) is 0 Å². The van der Waals surface area contributed by atoms with Crippen molar-refractivity contribution >= 4 is 35.3 Å². The van der Waals surface area contributed by atoms with Crippen molar-refractivity contribution < 1.29 is 32.8 Å². The van der Waals surface area contributed by atoms with Crippen LogP contribution >= 0.6 is 0 Å². The number of anilines is 2. The monoisotopic (exact) mass is 469 g/mol. The number of hydrogen-bond donors (Lipinski definition) is 3. The SMILES string of the molecule is C[NH2+]/C(C(=O)Nc1ccn2nc(N3CCOCC3)nc2c1)=C(\C=N)C(=O)N(C)CC(F)(F)F. The molecule has 4 N–H and O–H groups in total. The molecule has 0 radical (unpaired) electrons. The predicted molar refractivity (Wildman–Crippen MR) is 112 cm³/mol. The number of aromatic nitrogens is 3. The van der Waals surface area contributed by atoms with Crippen molar-refractivity contribution in [2.24, 2.45) is 0 Å². The van der Waals surface area contributed by atoms with Gasteiger partial charge in [0.15, 0.2) is 5.65 Å². The summed E-state index contributed by atoms with van der Waals surface area (Å²) in [5.41, 5.74) is 0.126. The summed E-state index contributed by atoms with van der Waals surface area (Å²) in [5, 5.41) is 15.7. The third-order valence-corrected chi connectivity index (χ3v) is 4.84. The van der Waals surface area contributed by atoms with Crippen molar-refractivity contribution in [2.75, 3.05) is 57.2 Å². The Balaban J connectivity index is 1.80. The number of carbonyl (C=O) groups is 2. The van der Waals surface area contributed by atoms with Gasteiger partial charge >= 0.3 is 12.1 Å². The van der Waals surface area contributed by atoms with Gasteiger partial charge in [0, 0.05) is 44.3 Å². The maximum absolute atomic E-state index is 12.8. The zero-order valence-electron chi connectivity index (χ0n) is 18.0. The summed E-state index contributed by atoms with van der Waals surface area (Å²) >= 11 is 0. The quantitative estimate of drug-likeness (QED) is 0.374. The Morgan fingerprint density at radius 1 is 1.36 bits per heavy atom. The summed E-state index contributed by atoms with van der Waals surface area (Å²) in [7, 11) is 2.40. The van der Waals surface area contributed by atoms with Gasteiger partial charge in [0.2, 0.25) is 11.6 Å². The number of ether oxygens (including phenoxy) is 1. The lowest BCUT2D eigenvalue weighted by Crippen LogP contribution is -2.80. The molecule has 1 fully saturated rings. The van der Waals surface area contributed by atoms with Gasteiger partial charge in [-0.05, 0) is 6.07 Å². The predicted octanol–water partition coefficient (Wildman–Crippen LogP) is -0.378. The Bertz CT molecular complexity index is 1080. The zero-order chi connectivity index (χ0) is 24.2. The second-order valence-corrected chi connectivity index (χ2v) is 7.22. The van der Waals surface area contributed by atoms with Crippen LogP contribution in [0.2, 0.25) is 0 Å². The Hall–Kier alpha value is -3.52. The first-order chi connectivity index (χ1) is 15.6. The number of quaternary nitrogens is 1. The first-order valence-electron chi connectivity index (χ1n) is 9.99. The summed E-state index contributed by atoms with van der Waals surface area (Å²) in [5.74, 6) is -1.32. The first kappa shape index (κ1) is 24.1. The molecule has 14 heteroatoms. The van der Waals surface area contributed by atoms with E-state index in [-0.39, 0.29) is 5.70 Å². The number of halogens is 3.